The van der Waals surface area contributed by atoms with E-state index in [0.717, 1.165) is 6.07 Å². The number of halogens is 3. The van der Waals surface area contributed by atoms with Crippen LogP contribution in [0.2, 0.25) is 5.02 Å². The Morgan fingerprint density at radius 1 is 1.20 bits per heavy atom. The Balaban J connectivity index is 1.56. The minimum Gasteiger partial charge on any atom is -0.394 e. The van der Waals surface area contributed by atoms with Crippen molar-refractivity contribution in [2.45, 2.75) is 0 Å². The molecule has 1 heterocycles. The van der Waals surface area contributed by atoms with Crippen LogP contribution in [0, 0.1) is 11.6 Å². The second kappa shape index (κ2) is 10.3. The van der Waals surface area contributed by atoms with Gasteiger partial charge in [-0.3, -0.25) is 10.7 Å². The maximum atomic E-state index is 13.3. The van der Waals surface area contributed by atoms with Crippen LogP contribution in [0.15, 0.2) is 57.2 Å². The molecule has 2 aromatic carbocycles. The molecule has 0 radical (unpaired) electrons. The summed E-state index contributed by atoms with van der Waals surface area (Å²) in [6.07, 6.45) is 1.44. The van der Waals surface area contributed by atoms with Crippen molar-refractivity contribution < 1.29 is 23.5 Å². The fourth-order valence-corrected chi connectivity index (χ4v) is 2.36. The number of hydrogen-bond acceptors (Lipinski definition) is 8. The quantitative estimate of drug-likeness (QED) is 0.214. The van der Waals surface area contributed by atoms with Crippen LogP contribution in [-0.2, 0) is 4.84 Å². The number of amidine groups is 1. The number of hydroxylamine groups is 1. The molecule has 0 aliphatic heterocycles. The van der Waals surface area contributed by atoms with Gasteiger partial charge in [-0.15, -0.1) is 0 Å². The first kappa shape index (κ1) is 21.1. The van der Waals surface area contributed by atoms with Gasteiger partial charge in [0.25, 0.3) is 0 Å². The van der Waals surface area contributed by atoms with Crippen LogP contribution >= 0.6 is 11.6 Å². The van der Waals surface area contributed by atoms with Crippen LogP contribution < -0.4 is 10.8 Å². The summed E-state index contributed by atoms with van der Waals surface area (Å²) in [5.74, 6) is -0.856. The maximum absolute atomic E-state index is 13.3. The van der Waals surface area contributed by atoms with Crippen LogP contribution in [0.1, 0.15) is 11.3 Å². The van der Waals surface area contributed by atoms with Crippen LogP contribution in [0.4, 0.5) is 20.3 Å². The summed E-state index contributed by atoms with van der Waals surface area (Å²) in [7, 11) is 0. The summed E-state index contributed by atoms with van der Waals surface area (Å²) in [4.78, 5) is 9.20. The topological polar surface area (TPSA) is 117 Å². The Hall–Kier alpha value is -3.57. The molecule has 0 amide bonds. The van der Waals surface area contributed by atoms with Crippen molar-refractivity contribution in [2.24, 2.45) is 10.1 Å². The van der Waals surface area contributed by atoms with Crippen molar-refractivity contribution in [3.05, 3.63) is 70.4 Å². The van der Waals surface area contributed by atoms with Crippen molar-refractivity contribution in [3.63, 3.8) is 0 Å². The number of rotatable bonds is 8. The van der Waals surface area contributed by atoms with E-state index in [0.29, 0.717) is 5.56 Å². The third-order valence-electron chi connectivity index (χ3n) is 3.59. The second-order valence-corrected chi connectivity index (χ2v) is 6.09. The molecule has 0 saturated carbocycles. The van der Waals surface area contributed by atoms with Gasteiger partial charge in [0.1, 0.15) is 18.2 Å². The van der Waals surface area contributed by atoms with Crippen molar-refractivity contribution >= 4 is 35.2 Å². The Morgan fingerprint density at radius 2 is 2.00 bits per heavy atom. The van der Waals surface area contributed by atoms with Gasteiger partial charge in [-0.05, 0) is 46.2 Å². The van der Waals surface area contributed by atoms with E-state index in [-0.39, 0.29) is 47.0 Å². The highest BCUT2D eigenvalue weighted by atomic mass is 35.5. The lowest BCUT2D eigenvalue weighted by Crippen LogP contribution is -2.22. The second-order valence-electron chi connectivity index (χ2n) is 5.68. The molecule has 30 heavy (non-hydrogen) atoms. The number of aliphatic imine (C=N–C) groups is 1. The standard InChI is InChI=1S/C18H15ClF2N6O3/c19-14-9-13(5-6-15(14)21)24-18(25-28)16-17(27-30-26-16)22-7-8-29-23-10-11-1-3-12(20)4-2-11/h1-6,9-10,28H,7-8H2,(H,22,27)(H,24,25)/b23-10-. The monoisotopic (exact) mass is 436 g/mol. The van der Waals surface area contributed by atoms with Crippen molar-refractivity contribution in [1.29, 1.82) is 0 Å². The Labute approximate surface area is 173 Å². The summed E-state index contributed by atoms with van der Waals surface area (Å²) < 4.78 is 30.8. The number of nitrogens with zero attached hydrogens (tertiary/aromatic N) is 4. The highest BCUT2D eigenvalue weighted by molar-refractivity contribution is 6.31. The molecule has 1 aromatic heterocycles. The minimum atomic E-state index is -0.596. The van der Waals surface area contributed by atoms with E-state index in [2.05, 4.69) is 30.4 Å². The summed E-state index contributed by atoms with van der Waals surface area (Å²) >= 11 is 5.72. The molecule has 3 N–H and O–H groups in total. The van der Waals surface area contributed by atoms with Gasteiger partial charge in [0.2, 0.25) is 5.82 Å². The predicted molar refractivity (Wildman–Crippen MR) is 105 cm³/mol. The van der Waals surface area contributed by atoms with Crippen LogP contribution in [0.3, 0.4) is 0 Å². The van der Waals surface area contributed by atoms with Gasteiger partial charge in [0.05, 0.1) is 23.5 Å². The van der Waals surface area contributed by atoms with E-state index < -0.39 is 5.82 Å². The Kier molecular flexibility index (Phi) is 7.24. The van der Waals surface area contributed by atoms with Gasteiger partial charge in [-0.1, -0.05) is 28.9 Å². The molecule has 9 nitrogen and oxygen atoms in total. The van der Waals surface area contributed by atoms with E-state index in [1.165, 1.54) is 30.5 Å². The first-order chi connectivity index (χ1) is 14.6. The van der Waals surface area contributed by atoms with E-state index in [9.17, 15) is 14.0 Å². The SMILES string of the molecule is ONC(=Nc1ccc(F)c(Cl)c1)c1nonc1NCCO/N=C\c1ccc(F)cc1. The normalized spacial score (nSPS) is 11.7. The fraction of sp³-hybridized carbons (Fsp3) is 0.111. The van der Waals surface area contributed by atoms with Crippen LogP contribution in [-0.4, -0.2) is 40.7 Å². The average Bonchev–Trinajstić information content (AvgIpc) is 3.21. The van der Waals surface area contributed by atoms with Crippen LogP contribution in [0.5, 0.6) is 0 Å². The Bertz CT molecular complexity index is 1040. The summed E-state index contributed by atoms with van der Waals surface area (Å²) in [5.41, 5.74) is 2.92. The fourth-order valence-electron chi connectivity index (χ4n) is 2.19. The van der Waals surface area contributed by atoms with Gasteiger partial charge in [-0.25, -0.2) is 18.4 Å². The summed E-state index contributed by atoms with van der Waals surface area (Å²) in [5, 5.41) is 23.3. The molecule has 0 saturated heterocycles. The van der Waals surface area contributed by atoms with Crippen molar-refractivity contribution in [1.82, 2.24) is 15.8 Å². The molecule has 0 unspecified atom stereocenters. The third-order valence-corrected chi connectivity index (χ3v) is 3.88. The first-order valence-corrected chi connectivity index (χ1v) is 8.86. The lowest BCUT2D eigenvalue weighted by Gasteiger charge is -2.05. The highest BCUT2D eigenvalue weighted by Crippen LogP contribution is 2.22. The smallest absolute Gasteiger partial charge is 0.202 e. The van der Waals surface area contributed by atoms with Gasteiger partial charge in [0, 0.05) is 0 Å². The minimum absolute atomic E-state index is 0.0766. The van der Waals surface area contributed by atoms with Crippen molar-refractivity contribution in [2.75, 3.05) is 18.5 Å². The van der Waals surface area contributed by atoms with Gasteiger partial charge >= 0.3 is 0 Å². The third kappa shape index (κ3) is 5.72. The molecular weight excluding hydrogens is 422 g/mol. The first-order valence-electron chi connectivity index (χ1n) is 8.48. The zero-order valence-corrected chi connectivity index (χ0v) is 16.0. The number of aromatic nitrogens is 2. The largest absolute Gasteiger partial charge is 0.394 e. The number of hydrogen-bond donors (Lipinski definition) is 3. The van der Waals surface area contributed by atoms with Crippen LogP contribution in [0.25, 0.3) is 0 Å². The van der Waals surface area contributed by atoms with Gasteiger partial charge in [-0.2, -0.15) is 0 Å². The molecule has 3 aromatic rings. The average molecular weight is 437 g/mol. The zero-order chi connectivity index (χ0) is 21.3. The lowest BCUT2D eigenvalue weighted by molar-refractivity contribution is 0.156. The molecule has 3 rings (SSSR count). The number of benzene rings is 2. The van der Waals surface area contributed by atoms with Gasteiger partial charge < -0.3 is 10.2 Å². The molecule has 12 heteroatoms. The number of nitrogens with one attached hydrogen (secondary N) is 2. The lowest BCUT2D eigenvalue weighted by atomic mass is 10.2. The molecule has 0 bridgehead atoms. The highest BCUT2D eigenvalue weighted by Gasteiger charge is 2.16. The maximum Gasteiger partial charge on any atom is 0.202 e. The summed E-state index contributed by atoms with van der Waals surface area (Å²) in [6.45, 7) is 0.430. The predicted octanol–water partition coefficient (Wildman–Crippen LogP) is 3.52. The van der Waals surface area contributed by atoms with Gasteiger partial charge in [0.15, 0.2) is 11.5 Å². The molecule has 0 aliphatic carbocycles. The Morgan fingerprint density at radius 3 is 2.73 bits per heavy atom. The summed E-state index contributed by atoms with van der Waals surface area (Å²) in [6, 6.07) is 9.54. The molecule has 156 valence electrons. The zero-order valence-electron chi connectivity index (χ0n) is 15.2. The molecule has 0 spiro atoms. The van der Waals surface area contributed by atoms with E-state index in [1.54, 1.807) is 12.1 Å². The molecular formula is C18H15ClF2N6O3. The van der Waals surface area contributed by atoms with E-state index in [4.69, 9.17) is 16.4 Å². The van der Waals surface area contributed by atoms with E-state index in [1.807, 2.05) is 5.48 Å². The molecule has 0 atom stereocenters. The number of oxime groups is 1. The van der Waals surface area contributed by atoms with Crippen molar-refractivity contribution in [3.8, 4) is 0 Å². The number of anilines is 1. The van der Waals surface area contributed by atoms with E-state index >= 15 is 0 Å². The molecule has 0 fully saturated rings. The molecule has 0 aliphatic rings.